The number of Topliss-reactive ketones (excluding diaryl/α,β-unsaturated/α-hetero) is 2. The average Bonchev–Trinajstić information content (AvgIpc) is 2.74. The molecule has 2 fully saturated rings. The number of rotatable bonds is 4. The highest BCUT2D eigenvalue weighted by Crippen LogP contribution is 2.50. The SMILES string of the molecule is O=C(C1=CCCCC1)[C@@H]1[C@@H]2CCCC[C@@H]2C(=O)C[C@H]1c1cccc([N+](=O)[O-])c1. The smallest absolute Gasteiger partial charge is 0.269 e. The summed E-state index contributed by atoms with van der Waals surface area (Å²) in [5, 5.41) is 11.3. The van der Waals surface area contributed by atoms with E-state index in [1.165, 1.54) is 6.07 Å². The number of hydrogen-bond donors (Lipinski definition) is 0. The number of carbonyl (C=O) groups excluding carboxylic acids is 2. The molecule has 1 aromatic rings. The number of non-ortho nitro benzene ring substituents is 1. The molecule has 0 heterocycles. The molecule has 0 saturated heterocycles. The predicted molar refractivity (Wildman–Crippen MR) is 106 cm³/mol. The number of hydrogen-bond acceptors (Lipinski definition) is 4. The Labute approximate surface area is 165 Å². The topological polar surface area (TPSA) is 77.3 Å². The molecule has 4 atom stereocenters. The van der Waals surface area contributed by atoms with Crippen molar-refractivity contribution < 1.29 is 14.5 Å². The van der Waals surface area contributed by atoms with Crippen molar-refractivity contribution in [3.05, 3.63) is 51.6 Å². The van der Waals surface area contributed by atoms with Gasteiger partial charge in [0.1, 0.15) is 5.78 Å². The van der Waals surface area contributed by atoms with Gasteiger partial charge in [0.05, 0.1) is 4.92 Å². The minimum Gasteiger partial charge on any atom is -0.299 e. The molecule has 0 amide bonds. The van der Waals surface area contributed by atoms with E-state index in [-0.39, 0.29) is 40.9 Å². The molecule has 0 spiro atoms. The van der Waals surface area contributed by atoms with Crippen LogP contribution in [0.4, 0.5) is 5.69 Å². The summed E-state index contributed by atoms with van der Waals surface area (Å²) in [6.45, 7) is 0. The van der Waals surface area contributed by atoms with Gasteiger partial charge < -0.3 is 0 Å². The lowest BCUT2D eigenvalue weighted by Crippen LogP contribution is -2.45. The van der Waals surface area contributed by atoms with Gasteiger partial charge in [-0.3, -0.25) is 19.7 Å². The molecule has 3 aliphatic carbocycles. The Morgan fingerprint density at radius 2 is 1.89 bits per heavy atom. The first kappa shape index (κ1) is 19.0. The molecule has 1 aromatic carbocycles. The fraction of sp³-hybridized carbons (Fsp3) is 0.565. The second-order valence-corrected chi connectivity index (χ2v) is 8.55. The van der Waals surface area contributed by atoms with Gasteiger partial charge in [0.2, 0.25) is 0 Å². The average molecular weight is 381 g/mol. The molecular formula is C23H27NO4. The molecule has 0 bridgehead atoms. The summed E-state index contributed by atoms with van der Waals surface area (Å²) in [5.74, 6) is 0.0244. The Hall–Kier alpha value is -2.30. The van der Waals surface area contributed by atoms with E-state index in [1.807, 2.05) is 6.07 Å². The van der Waals surface area contributed by atoms with Gasteiger partial charge in [0, 0.05) is 36.3 Å². The van der Waals surface area contributed by atoms with Crippen LogP contribution in [0.3, 0.4) is 0 Å². The molecule has 148 valence electrons. The van der Waals surface area contributed by atoms with Gasteiger partial charge in [-0.2, -0.15) is 0 Å². The number of benzene rings is 1. The Balaban J connectivity index is 1.74. The number of nitro groups is 1. The third-order valence-corrected chi connectivity index (χ3v) is 6.97. The van der Waals surface area contributed by atoms with Crippen LogP contribution < -0.4 is 0 Å². The van der Waals surface area contributed by atoms with Crippen molar-refractivity contribution in [3.8, 4) is 0 Å². The second kappa shape index (κ2) is 7.98. The van der Waals surface area contributed by atoms with E-state index in [1.54, 1.807) is 12.1 Å². The molecule has 4 rings (SSSR count). The van der Waals surface area contributed by atoms with Gasteiger partial charge >= 0.3 is 0 Å². The first-order valence-corrected chi connectivity index (χ1v) is 10.6. The monoisotopic (exact) mass is 381 g/mol. The van der Waals surface area contributed by atoms with E-state index >= 15 is 0 Å². The lowest BCUT2D eigenvalue weighted by Gasteiger charge is -2.44. The minimum atomic E-state index is -0.405. The molecule has 0 aromatic heterocycles. The van der Waals surface area contributed by atoms with Crippen molar-refractivity contribution >= 4 is 17.3 Å². The summed E-state index contributed by atoms with van der Waals surface area (Å²) in [6, 6.07) is 6.56. The molecule has 0 radical (unpaired) electrons. The van der Waals surface area contributed by atoms with Crippen molar-refractivity contribution in [2.24, 2.45) is 17.8 Å². The first-order chi connectivity index (χ1) is 13.6. The van der Waals surface area contributed by atoms with Crippen LogP contribution in [0.5, 0.6) is 0 Å². The molecule has 2 saturated carbocycles. The Kier molecular flexibility index (Phi) is 5.42. The van der Waals surface area contributed by atoms with Gasteiger partial charge in [-0.1, -0.05) is 31.1 Å². The number of nitro benzene ring substituents is 1. The van der Waals surface area contributed by atoms with E-state index in [0.717, 1.165) is 62.5 Å². The zero-order valence-electron chi connectivity index (χ0n) is 16.1. The summed E-state index contributed by atoms with van der Waals surface area (Å²) in [6.07, 6.45) is 10.2. The maximum absolute atomic E-state index is 13.6. The largest absolute Gasteiger partial charge is 0.299 e. The van der Waals surface area contributed by atoms with Crippen LogP contribution >= 0.6 is 0 Å². The highest BCUT2D eigenvalue weighted by Gasteiger charge is 2.48. The number of carbonyl (C=O) groups is 2. The summed E-state index contributed by atoms with van der Waals surface area (Å²) in [5.41, 5.74) is 1.71. The zero-order valence-corrected chi connectivity index (χ0v) is 16.1. The second-order valence-electron chi connectivity index (χ2n) is 8.55. The van der Waals surface area contributed by atoms with Crippen molar-refractivity contribution in [3.63, 3.8) is 0 Å². The standard InChI is InChI=1S/C23H27NO4/c25-21-14-20(16-9-6-10-17(13-16)24(27)28)22(19-12-5-4-11-18(19)21)23(26)15-7-2-1-3-8-15/h6-7,9-10,13,18-20,22H,1-5,8,11-12,14H2/t18-,19+,20-,22+/m0/s1. The lowest BCUT2D eigenvalue weighted by atomic mass is 9.57. The number of fused-ring (bicyclic) bond motifs is 1. The van der Waals surface area contributed by atoms with Gasteiger partial charge in [-0.25, -0.2) is 0 Å². The molecule has 5 nitrogen and oxygen atoms in total. The van der Waals surface area contributed by atoms with Crippen LogP contribution in [0.2, 0.25) is 0 Å². The van der Waals surface area contributed by atoms with Crippen molar-refractivity contribution in [2.75, 3.05) is 0 Å². The maximum Gasteiger partial charge on any atom is 0.269 e. The van der Waals surface area contributed by atoms with Crippen LogP contribution in [0.15, 0.2) is 35.9 Å². The van der Waals surface area contributed by atoms with Crippen LogP contribution in [-0.2, 0) is 9.59 Å². The number of nitrogens with zero attached hydrogens (tertiary/aromatic N) is 1. The molecule has 0 unspecified atom stereocenters. The molecule has 0 N–H and O–H groups in total. The molecular weight excluding hydrogens is 354 g/mol. The maximum atomic E-state index is 13.6. The quantitative estimate of drug-likeness (QED) is 0.534. The van der Waals surface area contributed by atoms with E-state index in [2.05, 4.69) is 6.08 Å². The highest BCUT2D eigenvalue weighted by atomic mass is 16.6. The predicted octanol–water partition coefficient (Wildman–Crippen LogP) is 5.14. The molecule has 28 heavy (non-hydrogen) atoms. The Bertz CT molecular complexity index is 828. The third kappa shape index (κ3) is 3.54. The van der Waals surface area contributed by atoms with Gasteiger partial charge in [0.25, 0.3) is 5.69 Å². The number of allylic oxidation sites excluding steroid dienone is 2. The summed E-state index contributed by atoms with van der Waals surface area (Å²) < 4.78 is 0. The Morgan fingerprint density at radius 1 is 1.07 bits per heavy atom. The fourth-order valence-corrected chi connectivity index (χ4v) is 5.63. The third-order valence-electron chi connectivity index (χ3n) is 6.97. The van der Waals surface area contributed by atoms with Gasteiger partial charge in [-0.15, -0.1) is 0 Å². The summed E-state index contributed by atoms with van der Waals surface area (Å²) in [4.78, 5) is 37.4. The molecule has 0 aliphatic heterocycles. The number of ketones is 2. The van der Waals surface area contributed by atoms with E-state index < -0.39 is 4.92 Å². The highest BCUT2D eigenvalue weighted by molar-refractivity contribution is 6.00. The van der Waals surface area contributed by atoms with Gasteiger partial charge in [0.15, 0.2) is 5.78 Å². The van der Waals surface area contributed by atoms with Crippen molar-refractivity contribution in [1.82, 2.24) is 0 Å². The van der Waals surface area contributed by atoms with Gasteiger partial charge in [-0.05, 0) is 55.6 Å². The van der Waals surface area contributed by atoms with Crippen LogP contribution in [0.1, 0.15) is 69.3 Å². The first-order valence-electron chi connectivity index (χ1n) is 10.6. The lowest BCUT2D eigenvalue weighted by molar-refractivity contribution is -0.384. The van der Waals surface area contributed by atoms with Crippen molar-refractivity contribution in [2.45, 2.75) is 63.7 Å². The van der Waals surface area contributed by atoms with E-state index in [0.29, 0.717) is 6.42 Å². The molecule has 3 aliphatic rings. The van der Waals surface area contributed by atoms with Crippen LogP contribution in [-0.4, -0.2) is 16.5 Å². The van der Waals surface area contributed by atoms with Crippen molar-refractivity contribution in [1.29, 1.82) is 0 Å². The van der Waals surface area contributed by atoms with Crippen LogP contribution in [0, 0.1) is 27.9 Å². The summed E-state index contributed by atoms with van der Waals surface area (Å²) in [7, 11) is 0. The fourth-order valence-electron chi connectivity index (χ4n) is 5.63. The Morgan fingerprint density at radius 3 is 2.64 bits per heavy atom. The van der Waals surface area contributed by atoms with E-state index in [4.69, 9.17) is 0 Å². The van der Waals surface area contributed by atoms with E-state index in [9.17, 15) is 19.7 Å². The molecule has 5 heteroatoms. The van der Waals surface area contributed by atoms with Crippen LogP contribution in [0.25, 0.3) is 0 Å². The minimum absolute atomic E-state index is 0.0122. The summed E-state index contributed by atoms with van der Waals surface area (Å²) >= 11 is 0. The zero-order chi connectivity index (χ0) is 19.7. The normalized spacial score (nSPS) is 30.3.